The Kier molecular flexibility index (Phi) is 6.64. The van der Waals surface area contributed by atoms with E-state index in [-0.39, 0.29) is 16.6 Å². The Hall–Kier alpha value is -3.01. The molecule has 3 aromatic rings. The number of benzene rings is 2. The average molecular weight is 485 g/mol. The highest BCUT2D eigenvalue weighted by molar-refractivity contribution is 7.90. The molecule has 7 nitrogen and oxygen atoms in total. The number of anilines is 2. The van der Waals surface area contributed by atoms with Gasteiger partial charge in [-0.25, -0.2) is 8.42 Å². The molecular weight excluding hydrogens is 460 g/mol. The number of nitrogens with one attached hydrogen (secondary N) is 1. The molecular formula is C24H24N2O5S2. The minimum Gasteiger partial charge on any atom is -0.378 e. The van der Waals surface area contributed by atoms with Crippen LogP contribution in [0.15, 0.2) is 59.5 Å². The lowest BCUT2D eigenvalue weighted by atomic mass is 10.0. The fourth-order valence-corrected chi connectivity index (χ4v) is 5.46. The molecule has 1 aromatic heterocycles. The highest BCUT2D eigenvalue weighted by Gasteiger charge is 2.23. The molecule has 0 aliphatic carbocycles. The van der Waals surface area contributed by atoms with Crippen LogP contribution in [0, 0.1) is 0 Å². The number of ether oxygens (including phenoxy) is 1. The molecule has 0 atom stereocenters. The monoisotopic (exact) mass is 484 g/mol. The molecule has 0 bridgehead atoms. The van der Waals surface area contributed by atoms with Crippen LogP contribution in [0.25, 0.3) is 11.1 Å². The van der Waals surface area contributed by atoms with Crippen LogP contribution in [0.5, 0.6) is 0 Å². The minimum atomic E-state index is -3.29. The summed E-state index contributed by atoms with van der Waals surface area (Å²) in [6, 6.07) is 15.4. The highest BCUT2D eigenvalue weighted by atomic mass is 32.2. The first kappa shape index (κ1) is 23.2. The van der Waals surface area contributed by atoms with Gasteiger partial charge in [-0.2, -0.15) is 0 Å². The summed E-state index contributed by atoms with van der Waals surface area (Å²) in [5.41, 5.74) is 2.89. The summed E-state index contributed by atoms with van der Waals surface area (Å²) in [4.78, 5) is 27.5. The van der Waals surface area contributed by atoms with E-state index in [4.69, 9.17) is 4.74 Å². The number of carbonyl (C=O) groups excluding carboxylic acids is 2. The summed E-state index contributed by atoms with van der Waals surface area (Å²) in [7, 11) is -3.29. The smallest absolute Gasteiger partial charge is 0.221 e. The van der Waals surface area contributed by atoms with Crippen molar-refractivity contribution in [1.82, 2.24) is 0 Å². The Morgan fingerprint density at radius 1 is 1.00 bits per heavy atom. The maximum atomic E-state index is 13.2. The molecule has 0 unspecified atom stereocenters. The molecule has 172 valence electrons. The van der Waals surface area contributed by atoms with Crippen molar-refractivity contribution in [3.63, 3.8) is 0 Å². The molecule has 0 spiro atoms. The first-order chi connectivity index (χ1) is 15.7. The second-order valence-electron chi connectivity index (χ2n) is 7.81. The summed E-state index contributed by atoms with van der Waals surface area (Å²) < 4.78 is 29.2. The number of hydrogen-bond acceptors (Lipinski definition) is 7. The first-order valence-corrected chi connectivity index (χ1v) is 13.1. The Labute approximate surface area is 196 Å². The summed E-state index contributed by atoms with van der Waals surface area (Å²) in [6.45, 7) is 4.08. The number of rotatable bonds is 6. The lowest BCUT2D eigenvalue weighted by molar-refractivity contribution is -0.114. The van der Waals surface area contributed by atoms with Crippen molar-refractivity contribution in [2.75, 3.05) is 42.8 Å². The van der Waals surface area contributed by atoms with Gasteiger partial charge in [-0.15, -0.1) is 11.3 Å². The molecule has 1 aliphatic heterocycles. The van der Waals surface area contributed by atoms with E-state index in [0.29, 0.717) is 42.4 Å². The molecule has 0 saturated carbocycles. The van der Waals surface area contributed by atoms with Crippen LogP contribution in [-0.2, 0) is 19.4 Å². The van der Waals surface area contributed by atoms with E-state index < -0.39 is 9.84 Å². The van der Waals surface area contributed by atoms with E-state index in [9.17, 15) is 18.0 Å². The van der Waals surface area contributed by atoms with E-state index in [1.54, 1.807) is 48.5 Å². The van der Waals surface area contributed by atoms with Gasteiger partial charge in [0.1, 0.15) is 0 Å². The van der Waals surface area contributed by atoms with Gasteiger partial charge in [0.15, 0.2) is 9.84 Å². The first-order valence-electron chi connectivity index (χ1n) is 10.4. The number of amides is 1. The molecule has 9 heteroatoms. The van der Waals surface area contributed by atoms with Crippen LogP contribution in [0.3, 0.4) is 0 Å². The van der Waals surface area contributed by atoms with Crippen molar-refractivity contribution < 1.29 is 22.7 Å². The number of nitrogens with zero attached hydrogens (tertiary/aromatic N) is 1. The second kappa shape index (κ2) is 9.46. The SMILES string of the molecule is CC(=O)Nc1ccc(C(=O)c2cc(-c3ccc(S(C)(=O)=O)cc3)c(N3CCOCC3)s2)cc1. The minimum absolute atomic E-state index is 0.108. The maximum absolute atomic E-state index is 13.2. The molecule has 4 rings (SSSR count). The molecule has 1 amide bonds. The van der Waals surface area contributed by atoms with E-state index in [1.165, 1.54) is 24.5 Å². The third-order valence-corrected chi connectivity index (χ3v) is 7.62. The van der Waals surface area contributed by atoms with E-state index >= 15 is 0 Å². The molecule has 2 heterocycles. The largest absolute Gasteiger partial charge is 0.378 e. The molecule has 0 radical (unpaired) electrons. The lowest BCUT2D eigenvalue weighted by Crippen LogP contribution is -2.35. The van der Waals surface area contributed by atoms with Gasteiger partial charge >= 0.3 is 0 Å². The quantitative estimate of drug-likeness (QED) is 0.535. The van der Waals surface area contributed by atoms with Crippen LogP contribution < -0.4 is 10.2 Å². The van der Waals surface area contributed by atoms with Crippen molar-refractivity contribution in [2.45, 2.75) is 11.8 Å². The number of morpholine rings is 1. The second-order valence-corrected chi connectivity index (χ2v) is 10.9. The number of sulfone groups is 1. The molecule has 2 aromatic carbocycles. The Morgan fingerprint density at radius 2 is 1.64 bits per heavy atom. The number of carbonyl (C=O) groups is 2. The van der Waals surface area contributed by atoms with Gasteiger partial charge in [0.05, 0.1) is 28.0 Å². The van der Waals surface area contributed by atoms with Gasteiger partial charge in [-0.3, -0.25) is 9.59 Å². The topological polar surface area (TPSA) is 92.8 Å². The van der Waals surface area contributed by atoms with E-state index in [2.05, 4.69) is 10.2 Å². The highest BCUT2D eigenvalue weighted by Crippen LogP contribution is 2.40. The van der Waals surface area contributed by atoms with Gasteiger partial charge in [-0.05, 0) is 48.0 Å². The van der Waals surface area contributed by atoms with E-state index in [0.717, 1.165) is 16.1 Å². The summed E-state index contributed by atoms with van der Waals surface area (Å²) in [6.07, 6.45) is 1.18. The third kappa shape index (κ3) is 5.32. The molecule has 1 aliphatic rings. The Bertz CT molecular complexity index is 1270. The summed E-state index contributed by atoms with van der Waals surface area (Å²) in [5, 5.41) is 3.66. The third-order valence-electron chi connectivity index (χ3n) is 5.30. The fraction of sp³-hybridized carbons (Fsp3) is 0.250. The lowest BCUT2D eigenvalue weighted by Gasteiger charge is -2.28. The molecule has 1 N–H and O–H groups in total. The predicted octanol–water partition coefficient (Wildman–Crippen LogP) is 3.84. The molecule has 33 heavy (non-hydrogen) atoms. The Morgan fingerprint density at radius 3 is 2.21 bits per heavy atom. The van der Waals surface area contributed by atoms with Crippen molar-refractivity contribution >= 4 is 43.6 Å². The van der Waals surface area contributed by atoms with Gasteiger partial charge in [0, 0.05) is 43.1 Å². The fourth-order valence-electron chi connectivity index (χ4n) is 3.63. The summed E-state index contributed by atoms with van der Waals surface area (Å²) in [5.74, 6) is -0.281. The molecule has 1 saturated heterocycles. The predicted molar refractivity (Wildman–Crippen MR) is 130 cm³/mol. The van der Waals surface area contributed by atoms with Crippen molar-refractivity contribution in [3.05, 3.63) is 65.0 Å². The number of hydrogen-bond donors (Lipinski definition) is 1. The van der Waals surface area contributed by atoms with Crippen LogP contribution in [0.4, 0.5) is 10.7 Å². The standard InChI is InChI=1S/C24H24N2O5S2/c1-16(27)25-19-7-3-18(4-8-19)23(28)22-15-21(24(32-22)26-11-13-31-14-12-26)17-5-9-20(10-6-17)33(2,29)30/h3-10,15H,11-14H2,1-2H3,(H,25,27). The van der Waals surface area contributed by atoms with Crippen molar-refractivity contribution in [2.24, 2.45) is 0 Å². The van der Waals surface area contributed by atoms with Crippen LogP contribution in [0.1, 0.15) is 22.2 Å². The van der Waals surface area contributed by atoms with E-state index in [1.807, 2.05) is 6.07 Å². The number of thiophene rings is 1. The van der Waals surface area contributed by atoms with Crippen LogP contribution in [0.2, 0.25) is 0 Å². The maximum Gasteiger partial charge on any atom is 0.221 e. The van der Waals surface area contributed by atoms with Crippen molar-refractivity contribution in [3.8, 4) is 11.1 Å². The average Bonchev–Trinajstić information content (AvgIpc) is 3.24. The zero-order valence-corrected chi connectivity index (χ0v) is 20.0. The van der Waals surface area contributed by atoms with Crippen LogP contribution >= 0.6 is 11.3 Å². The number of ketones is 1. The van der Waals surface area contributed by atoms with Crippen molar-refractivity contribution in [1.29, 1.82) is 0 Å². The van der Waals surface area contributed by atoms with Gasteiger partial charge in [0.2, 0.25) is 11.7 Å². The zero-order valence-electron chi connectivity index (χ0n) is 18.3. The molecule has 1 fully saturated rings. The van der Waals surface area contributed by atoms with Gasteiger partial charge in [0.25, 0.3) is 0 Å². The summed E-state index contributed by atoms with van der Waals surface area (Å²) >= 11 is 1.42. The van der Waals surface area contributed by atoms with Gasteiger partial charge < -0.3 is 15.0 Å². The normalized spacial score (nSPS) is 14.2. The zero-order chi connectivity index (χ0) is 23.6. The van der Waals surface area contributed by atoms with Crippen LogP contribution in [-0.4, -0.2) is 52.7 Å². The van der Waals surface area contributed by atoms with Gasteiger partial charge in [-0.1, -0.05) is 12.1 Å². The Balaban J connectivity index is 1.70.